The van der Waals surface area contributed by atoms with Crippen LogP contribution < -0.4 is 5.73 Å². The van der Waals surface area contributed by atoms with Gasteiger partial charge in [0.15, 0.2) is 0 Å². The lowest BCUT2D eigenvalue weighted by molar-refractivity contribution is -0.105. The fourth-order valence-electron chi connectivity index (χ4n) is 2.12. The normalized spacial score (nSPS) is 33.1. The predicted octanol–water partition coefficient (Wildman–Crippen LogP) is 2.02. The summed E-state index contributed by atoms with van der Waals surface area (Å²) in [6.07, 6.45) is 4.41. The van der Waals surface area contributed by atoms with E-state index in [1.807, 2.05) is 12.1 Å². The summed E-state index contributed by atoms with van der Waals surface area (Å²) < 4.78 is 11.3. The molecule has 1 aliphatic heterocycles. The fourth-order valence-corrected chi connectivity index (χ4v) is 2.12. The van der Waals surface area contributed by atoms with Crippen molar-refractivity contribution < 1.29 is 9.15 Å². The first kappa shape index (κ1) is 9.74. The molecule has 0 radical (unpaired) electrons. The summed E-state index contributed by atoms with van der Waals surface area (Å²) in [4.78, 5) is 0. The molecule has 1 aliphatic rings. The van der Waals surface area contributed by atoms with Crippen LogP contribution in [-0.4, -0.2) is 12.6 Å². The van der Waals surface area contributed by atoms with E-state index >= 15 is 0 Å². The van der Waals surface area contributed by atoms with E-state index in [0.717, 1.165) is 31.6 Å². The lowest BCUT2D eigenvalue weighted by Crippen LogP contribution is -2.42. The number of nitrogens with two attached hydrogens (primary N) is 1. The van der Waals surface area contributed by atoms with Crippen molar-refractivity contribution >= 4 is 0 Å². The molecule has 1 saturated heterocycles. The van der Waals surface area contributed by atoms with Gasteiger partial charge in [0, 0.05) is 12.6 Å². The van der Waals surface area contributed by atoms with Crippen molar-refractivity contribution in [3.05, 3.63) is 24.2 Å². The fraction of sp³-hybridized carbons (Fsp3) is 0.636. The second-order valence-corrected chi connectivity index (χ2v) is 3.93. The minimum Gasteiger partial charge on any atom is -0.466 e. The highest BCUT2D eigenvalue weighted by atomic mass is 16.5. The molecule has 2 atom stereocenters. The van der Waals surface area contributed by atoms with Crippen LogP contribution in [0.4, 0.5) is 0 Å². The molecule has 14 heavy (non-hydrogen) atoms. The monoisotopic (exact) mass is 195 g/mol. The standard InChI is InChI=1S/C11H17NO2/c1-2-11(10-4-3-6-13-10)8-9(12)5-7-14-11/h3-4,6,9H,2,5,7-8,12H2,1H3. The van der Waals surface area contributed by atoms with Gasteiger partial charge in [0.05, 0.1) is 6.26 Å². The quantitative estimate of drug-likeness (QED) is 0.785. The van der Waals surface area contributed by atoms with Crippen LogP contribution in [-0.2, 0) is 10.3 Å². The second-order valence-electron chi connectivity index (χ2n) is 3.93. The number of ether oxygens (including phenoxy) is 1. The van der Waals surface area contributed by atoms with E-state index in [9.17, 15) is 0 Å². The van der Waals surface area contributed by atoms with Crippen LogP contribution in [0.1, 0.15) is 31.9 Å². The summed E-state index contributed by atoms with van der Waals surface area (Å²) in [6.45, 7) is 2.84. The van der Waals surface area contributed by atoms with E-state index in [2.05, 4.69) is 6.92 Å². The van der Waals surface area contributed by atoms with Crippen LogP contribution in [0.5, 0.6) is 0 Å². The Morgan fingerprint density at radius 3 is 3.07 bits per heavy atom. The Bertz CT molecular complexity index is 283. The summed E-state index contributed by atoms with van der Waals surface area (Å²) in [6, 6.07) is 4.10. The highest BCUT2D eigenvalue weighted by Gasteiger charge is 2.38. The third-order valence-corrected chi connectivity index (χ3v) is 3.00. The van der Waals surface area contributed by atoms with Gasteiger partial charge < -0.3 is 14.9 Å². The van der Waals surface area contributed by atoms with Gasteiger partial charge in [-0.3, -0.25) is 0 Å². The average Bonchev–Trinajstić information content (AvgIpc) is 2.71. The Hall–Kier alpha value is -0.800. The maximum absolute atomic E-state index is 5.97. The van der Waals surface area contributed by atoms with E-state index < -0.39 is 0 Å². The van der Waals surface area contributed by atoms with Crippen molar-refractivity contribution in [2.24, 2.45) is 5.73 Å². The van der Waals surface area contributed by atoms with Gasteiger partial charge >= 0.3 is 0 Å². The van der Waals surface area contributed by atoms with Crippen molar-refractivity contribution in [3.63, 3.8) is 0 Å². The second kappa shape index (κ2) is 3.75. The minimum absolute atomic E-state index is 0.230. The van der Waals surface area contributed by atoms with Gasteiger partial charge in [-0.2, -0.15) is 0 Å². The Morgan fingerprint density at radius 2 is 2.50 bits per heavy atom. The van der Waals surface area contributed by atoms with Gasteiger partial charge in [0.2, 0.25) is 0 Å². The number of furan rings is 1. The molecule has 1 aromatic rings. The first-order valence-corrected chi connectivity index (χ1v) is 5.20. The van der Waals surface area contributed by atoms with Crippen molar-refractivity contribution in [1.29, 1.82) is 0 Å². The summed E-state index contributed by atoms with van der Waals surface area (Å²) in [7, 11) is 0. The molecule has 0 aromatic carbocycles. The lowest BCUT2D eigenvalue weighted by atomic mass is 9.86. The molecule has 1 fully saturated rings. The molecule has 0 spiro atoms. The molecule has 3 heteroatoms. The van der Waals surface area contributed by atoms with Crippen molar-refractivity contribution in [3.8, 4) is 0 Å². The highest BCUT2D eigenvalue weighted by molar-refractivity contribution is 5.11. The van der Waals surface area contributed by atoms with Crippen LogP contribution in [0.3, 0.4) is 0 Å². The van der Waals surface area contributed by atoms with E-state index in [0.29, 0.717) is 0 Å². The molecule has 0 bridgehead atoms. The number of hydrogen-bond donors (Lipinski definition) is 1. The average molecular weight is 195 g/mol. The number of rotatable bonds is 2. The van der Waals surface area contributed by atoms with E-state index in [1.165, 1.54) is 0 Å². The highest BCUT2D eigenvalue weighted by Crippen LogP contribution is 2.37. The largest absolute Gasteiger partial charge is 0.466 e. The summed E-state index contributed by atoms with van der Waals surface area (Å²) in [5.74, 6) is 0.912. The topological polar surface area (TPSA) is 48.4 Å². The van der Waals surface area contributed by atoms with Crippen molar-refractivity contribution in [2.75, 3.05) is 6.61 Å². The summed E-state index contributed by atoms with van der Waals surface area (Å²) >= 11 is 0. The smallest absolute Gasteiger partial charge is 0.135 e. The van der Waals surface area contributed by atoms with E-state index in [4.69, 9.17) is 14.9 Å². The molecule has 78 valence electrons. The maximum Gasteiger partial charge on any atom is 0.135 e. The maximum atomic E-state index is 5.97. The van der Waals surface area contributed by atoms with Gasteiger partial charge in [-0.05, 0) is 31.4 Å². The Balaban J connectivity index is 2.25. The first-order chi connectivity index (χ1) is 6.77. The zero-order chi connectivity index (χ0) is 10.0. The van der Waals surface area contributed by atoms with E-state index in [1.54, 1.807) is 6.26 Å². The van der Waals surface area contributed by atoms with Gasteiger partial charge in [0.25, 0.3) is 0 Å². The van der Waals surface area contributed by atoms with Gasteiger partial charge in [-0.25, -0.2) is 0 Å². The van der Waals surface area contributed by atoms with Crippen LogP contribution in [0.25, 0.3) is 0 Å². The molecule has 2 unspecified atom stereocenters. The number of hydrogen-bond acceptors (Lipinski definition) is 3. The van der Waals surface area contributed by atoms with Crippen LogP contribution >= 0.6 is 0 Å². The Labute approximate surface area is 84.2 Å². The van der Waals surface area contributed by atoms with Gasteiger partial charge in [0.1, 0.15) is 11.4 Å². The molecule has 2 rings (SSSR count). The van der Waals surface area contributed by atoms with Crippen LogP contribution in [0.15, 0.2) is 22.8 Å². The molecule has 0 aliphatic carbocycles. The Morgan fingerprint density at radius 1 is 1.64 bits per heavy atom. The third kappa shape index (κ3) is 1.57. The summed E-state index contributed by atoms with van der Waals surface area (Å²) in [5, 5.41) is 0. The first-order valence-electron chi connectivity index (χ1n) is 5.20. The molecule has 0 saturated carbocycles. The van der Waals surface area contributed by atoms with Gasteiger partial charge in [-0.15, -0.1) is 0 Å². The van der Waals surface area contributed by atoms with Crippen LogP contribution in [0.2, 0.25) is 0 Å². The molecular weight excluding hydrogens is 178 g/mol. The lowest BCUT2D eigenvalue weighted by Gasteiger charge is -2.37. The van der Waals surface area contributed by atoms with Crippen molar-refractivity contribution in [2.45, 2.75) is 37.8 Å². The molecule has 1 aromatic heterocycles. The SMILES string of the molecule is CCC1(c2ccco2)CC(N)CCO1. The Kier molecular flexibility index (Phi) is 2.61. The molecular formula is C11H17NO2. The van der Waals surface area contributed by atoms with Crippen molar-refractivity contribution in [1.82, 2.24) is 0 Å². The zero-order valence-electron chi connectivity index (χ0n) is 8.53. The zero-order valence-corrected chi connectivity index (χ0v) is 8.53. The predicted molar refractivity (Wildman–Crippen MR) is 53.8 cm³/mol. The van der Waals surface area contributed by atoms with Gasteiger partial charge in [-0.1, -0.05) is 6.92 Å². The molecule has 2 heterocycles. The minimum atomic E-state index is -0.277. The van der Waals surface area contributed by atoms with Crippen LogP contribution in [0, 0.1) is 0 Å². The third-order valence-electron chi connectivity index (χ3n) is 3.00. The molecule has 2 N–H and O–H groups in total. The van der Waals surface area contributed by atoms with E-state index in [-0.39, 0.29) is 11.6 Å². The molecule has 3 nitrogen and oxygen atoms in total. The summed E-state index contributed by atoms with van der Waals surface area (Å²) in [5.41, 5.74) is 5.69. The molecule has 0 amide bonds.